The van der Waals surface area contributed by atoms with Crippen LogP contribution in [0.4, 0.5) is 0 Å². The normalized spacial score (nSPS) is 11.6. The summed E-state index contributed by atoms with van der Waals surface area (Å²) in [6.45, 7) is 2.37. The number of hydrogen-bond donors (Lipinski definition) is 1. The molecule has 0 bridgehead atoms. The highest BCUT2D eigenvalue weighted by Crippen LogP contribution is 2.28. The Morgan fingerprint density at radius 2 is 1.69 bits per heavy atom. The van der Waals surface area contributed by atoms with Gasteiger partial charge in [-0.05, 0) is 12.0 Å². The summed E-state index contributed by atoms with van der Waals surface area (Å²) in [7, 11) is 2.87. The summed E-state index contributed by atoms with van der Waals surface area (Å²) in [4.78, 5) is 42.9. The number of aromatic nitrogens is 5. The Balaban J connectivity index is 2.29. The van der Waals surface area contributed by atoms with Crippen LogP contribution in [0.25, 0.3) is 28.1 Å². The van der Waals surface area contributed by atoms with Crippen molar-refractivity contribution in [3.63, 3.8) is 0 Å². The van der Waals surface area contributed by atoms with Gasteiger partial charge in [0.1, 0.15) is 5.56 Å². The maximum atomic E-state index is 13.3. The van der Waals surface area contributed by atoms with Gasteiger partial charge < -0.3 is 5.11 Å². The van der Waals surface area contributed by atoms with E-state index in [2.05, 4.69) is 4.98 Å². The summed E-state index contributed by atoms with van der Waals surface area (Å²) in [6.07, 6.45) is 1.56. The zero-order valence-electron chi connectivity index (χ0n) is 16.4. The summed E-state index contributed by atoms with van der Waals surface area (Å²) in [5, 5.41) is 11.1. The SMILES string of the molecule is CCCCn1c(=O)c(-c2ccccc2)c(O)n2c3c(=O)n(C)c(=O)n(C)c3nc12. The van der Waals surface area contributed by atoms with E-state index in [1.165, 1.54) is 27.6 Å². The minimum absolute atomic E-state index is 0.0459. The van der Waals surface area contributed by atoms with Crippen molar-refractivity contribution in [3.05, 3.63) is 61.5 Å². The van der Waals surface area contributed by atoms with Crippen molar-refractivity contribution in [1.29, 1.82) is 0 Å². The molecular formula is C20H21N5O4. The van der Waals surface area contributed by atoms with Gasteiger partial charge in [0, 0.05) is 20.6 Å². The van der Waals surface area contributed by atoms with Gasteiger partial charge in [-0.15, -0.1) is 0 Å². The van der Waals surface area contributed by atoms with Crippen LogP contribution >= 0.6 is 0 Å². The van der Waals surface area contributed by atoms with Gasteiger partial charge in [0.15, 0.2) is 11.2 Å². The molecule has 4 aromatic rings. The van der Waals surface area contributed by atoms with E-state index in [-0.39, 0.29) is 28.4 Å². The van der Waals surface area contributed by atoms with E-state index in [1.807, 2.05) is 13.0 Å². The van der Waals surface area contributed by atoms with Crippen molar-refractivity contribution in [2.24, 2.45) is 14.1 Å². The average Bonchev–Trinajstić information content (AvgIpc) is 3.12. The molecule has 0 fully saturated rings. The van der Waals surface area contributed by atoms with Gasteiger partial charge in [0.25, 0.3) is 11.1 Å². The predicted octanol–water partition coefficient (Wildman–Crippen LogP) is 1.22. The number of unbranched alkanes of at least 4 members (excludes halogenated alkanes) is 1. The monoisotopic (exact) mass is 395 g/mol. The van der Waals surface area contributed by atoms with E-state index < -0.39 is 16.8 Å². The fourth-order valence-electron chi connectivity index (χ4n) is 3.57. The molecule has 1 aromatic carbocycles. The number of imidazole rings is 1. The molecule has 0 aliphatic heterocycles. The maximum absolute atomic E-state index is 13.3. The molecule has 4 rings (SSSR count). The van der Waals surface area contributed by atoms with Crippen LogP contribution in [0, 0.1) is 0 Å². The maximum Gasteiger partial charge on any atom is 0.332 e. The lowest BCUT2D eigenvalue weighted by Crippen LogP contribution is -2.37. The first kappa shape index (κ1) is 18.7. The van der Waals surface area contributed by atoms with E-state index >= 15 is 0 Å². The second-order valence-corrected chi connectivity index (χ2v) is 7.00. The molecule has 9 heteroatoms. The first-order chi connectivity index (χ1) is 13.9. The highest BCUT2D eigenvalue weighted by molar-refractivity contribution is 5.79. The van der Waals surface area contributed by atoms with Crippen molar-refractivity contribution in [2.75, 3.05) is 0 Å². The lowest BCUT2D eigenvalue weighted by atomic mass is 10.1. The lowest BCUT2D eigenvalue weighted by Gasteiger charge is -2.13. The molecule has 3 aromatic heterocycles. The van der Waals surface area contributed by atoms with Gasteiger partial charge in [-0.2, -0.15) is 4.98 Å². The Kier molecular flexibility index (Phi) is 4.37. The highest BCUT2D eigenvalue weighted by Gasteiger charge is 2.24. The van der Waals surface area contributed by atoms with Crippen LogP contribution in [-0.2, 0) is 20.6 Å². The smallest absolute Gasteiger partial charge is 0.332 e. The highest BCUT2D eigenvalue weighted by atomic mass is 16.3. The van der Waals surface area contributed by atoms with Crippen LogP contribution in [0.3, 0.4) is 0 Å². The molecule has 0 spiro atoms. The van der Waals surface area contributed by atoms with Crippen LogP contribution in [0.2, 0.25) is 0 Å². The zero-order chi connectivity index (χ0) is 20.9. The standard InChI is InChI=1S/C20H21N5O4/c1-4-5-11-24-16(26)13(12-9-7-6-8-10-12)17(27)25-14-15(21-19(24)25)22(2)20(29)23(3)18(14)28/h6-10,27H,4-5,11H2,1-3H3. The second-order valence-electron chi connectivity index (χ2n) is 7.00. The number of nitrogens with zero attached hydrogens (tertiary/aromatic N) is 5. The molecule has 0 saturated heterocycles. The molecule has 3 heterocycles. The number of aromatic hydroxyl groups is 1. The fraction of sp³-hybridized carbons (Fsp3) is 0.300. The van der Waals surface area contributed by atoms with Crippen LogP contribution < -0.4 is 16.8 Å². The summed E-state index contributed by atoms with van der Waals surface area (Å²) in [5.41, 5.74) is -0.739. The first-order valence-electron chi connectivity index (χ1n) is 9.37. The Hall–Kier alpha value is -3.62. The van der Waals surface area contributed by atoms with Gasteiger partial charge in [-0.3, -0.25) is 23.3 Å². The van der Waals surface area contributed by atoms with Crippen LogP contribution in [-0.4, -0.2) is 28.2 Å². The molecular weight excluding hydrogens is 374 g/mol. The minimum atomic E-state index is -0.592. The molecule has 150 valence electrons. The Morgan fingerprint density at radius 3 is 2.34 bits per heavy atom. The number of hydrogen-bond acceptors (Lipinski definition) is 5. The van der Waals surface area contributed by atoms with Gasteiger partial charge in [0.2, 0.25) is 11.7 Å². The van der Waals surface area contributed by atoms with E-state index in [9.17, 15) is 19.5 Å². The number of rotatable bonds is 4. The molecule has 0 atom stereocenters. The fourth-order valence-corrected chi connectivity index (χ4v) is 3.57. The Labute approximate surface area is 164 Å². The summed E-state index contributed by atoms with van der Waals surface area (Å²) in [6, 6.07) is 8.79. The van der Waals surface area contributed by atoms with Crippen LogP contribution in [0.5, 0.6) is 5.88 Å². The summed E-state index contributed by atoms with van der Waals surface area (Å²) < 4.78 is 4.92. The topological polar surface area (TPSA) is 104 Å². The third-order valence-electron chi connectivity index (χ3n) is 5.17. The second kappa shape index (κ2) is 6.77. The molecule has 0 radical (unpaired) electrons. The van der Waals surface area contributed by atoms with E-state index in [4.69, 9.17) is 0 Å². The number of aryl methyl sites for hydroxylation is 2. The number of fused-ring (bicyclic) bond motifs is 3. The van der Waals surface area contributed by atoms with Crippen molar-refractivity contribution < 1.29 is 5.11 Å². The van der Waals surface area contributed by atoms with Crippen LogP contribution in [0.15, 0.2) is 44.7 Å². The lowest BCUT2D eigenvalue weighted by molar-refractivity contribution is 0.443. The third-order valence-corrected chi connectivity index (χ3v) is 5.17. The van der Waals surface area contributed by atoms with Gasteiger partial charge in [-0.25, -0.2) is 9.20 Å². The summed E-state index contributed by atoms with van der Waals surface area (Å²) in [5.74, 6) is -0.240. The largest absolute Gasteiger partial charge is 0.494 e. The van der Waals surface area contributed by atoms with E-state index in [0.717, 1.165) is 11.0 Å². The minimum Gasteiger partial charge on any atom is -0.494 e. The van der Waals surface area contributed by atoms with Crippen molar-refractivity contribution >= 4 is 16.9 Å². The van der Waals surface area contributed by atoms with E-state index in [1.54, 1.807) is 24.3 Å². The summed E-state index contributed by atoms with van der Waals surface area (Å²) >= 11 is 0. The van der Waals surface area contributed by atoms with E-state index in [0.29, 0.717) is 18.5 Å². The molecule has 1 N–H and O–H groups in total. The van der Waals surface area contributed by atoms with Crippen molar-refractivity contribution in [3.8, 4) is 17.0 Å². The van der Waals surface area contributed by atoms with Gasteiger partial charge in [-0.1, -0.05) is 43.7 Å². The average molecular weight is 395 g/mol. The van der Waals surface area contributed by atoms with Gasteiger partial charge >= 0.3 is 5.69 Å². The molecule has 0 aliphatic rings. The molecule has 9 nitrogen and oxygen atoms in total. The molecule has 0 unspecified atom stereocenters. The first-order valence-corrected chi connectivity index (χ1v) is 9.37. The predicted molar refractivity (Wildman–Crippen MR) is 109 cm³/mol. The number of benzene rings is 1. The van der Waals surface area contributed by atoms with Crippen molar-refractivity contribution in [1.82, 2.24) is 23.1 Å². The van der Waals surface area contributed by atoms with Crippen molar-refractivity contribution in [2.45, 2.75) is 26.3 Å². The van der Waals surface area contributed by atoms with Gasteiger partial charge in [0.05, 0.1) is 0 Å². The molecule has 29 heavy (non-hydrogen) atoms. The van der Waals surface area contributed by atoms with Crippen LogP contribution in [0.1, 0.15) is 19.8 Å². The quantitative estimate of drug-likeness (QED) is 0.560. The molecule has 0 aliphatic carbocycles. The third kappa shape index (κ3) is 2.61. The molecule has 0 saturated carbocycles. The Morgan fingerprint density at radius 1 is 1.00 bits per heavy atom. The molecule has 0 amide bonds. The Bertz CT molecular complexity index is 1420. The zero-order valence-corrected chi connectivity index (χ0v) is 16.4.